The minimum Gasteiger partial charge on any atom is -0.325 e. The molecule has 33 heavy (non-hydrogen) atoms. The lowest BCUT2D eigenvalue weighted by Crippen LogP contribution is -2.37. The Bertz CT molecular complexity index is 1340. The summed E-state index contributed by atoms with van der Waals surface area (Å²) in [7, 11) is -7.79. The van der Waals surface area contributed by atoms with Gasteiger partial charge in [-0.1, -0.05) is 0 Å². The SMILES string of the molecule is CS(=O)(=O)N(CC(=O)Nc1ccc(S(=O)(=O)Nc2ccc(F)cc2)cc1)c1ccc(F)cc1. The second-order valence-corrected chi connectivity index (χ2v) is 10.5. The summed E-state index contributed by atoms with van der Waals surface area (Å²) in [6.07, 6.45) is 0.914. The van der Waals surface area contributed by atoms with Crippen LogP contribution in [0.2, 0.25) is 0 Å². The number of benzene rings is 3. The minimum atomic E-state index is -3.95. The Kier molecular flexibility index (Phi) is 6.98. The number of hydrogen-bond donors (Lipinski definition) is 2. The maximum atomic E-state index is 13.1. The summed E-state index contributed by atoms with van der Waals surface area (Å²) in [5.41, 5.74) is 0.520. The average Bonchev–Trinajstić information content (AvgIpc) is 2.74. The van der Waals surface area contributed by atoms with E-state index >= 15 is 0 Å². The van der Waals surface area contributed by atoms with Crippen LogP contribution in [0.15, 0.2) is 77.7 Å². The minimum absolute atomic E-state index is 0.103. The van der Waals surface area contributed by atoms with Gasteiger partial charge in [0.05, 0.1) is 16.8 Å². The molecule has 0 aliphatic rings. The number of halogens is 2. The number of carbonyl (C=O) groups excluding carboxylic acids is 1. The molecule has 12 heteroatoms. The van der Waals surface area contributed by atoms with Gasteiger partial charge in [-0.25, -0.2) is 25.6 Å². The van der Waals surface area contributed by atoms with Crippen molar-refractivity contribution < 1.29 is 30.4 Å². The third-order valence-electron chi connectivity index (χ3n) is 4.35. The summed E-state index contributed by atoms with van der Waals surface area (Å²) in [5.74, 6) is -1.75. The molecule has 174 valence electrons. The number of nitrogens with zero attached hydrogens (tertiary/aromatic N) is 1. The third-order valence-corrected chi connectivity index (χ3v) is 6.88. The highest BCUT2D eigenvalue weighted by Gasteiger charge is 2.21. The lowest BCUT2D eigenvalue weighted by molar-refractivity contribution is -0.114. The van der Waals surface area contributed by atoms with E-state index < -0.39 is 44.1 Å². The molecule has 0 saturated heterocycles. The van der Waals surface area contributed by atoms with E-state index in [1.54, 1.807) is 0 Å². The van der Waals surface area contributed by atoms with Crippen LogP contribution in [0.25, 0.3) is 0 Å². The van der Waals surface area contributed by atoms with Gasteiger partial charge in [-0.2, -0.15) is 0 Å². The molecule has 0 spiro atoms. The number of rotatable bonds is 8. The quantitative estimate of drug-likeness (QED) is 0.499. The Morgan fingerprint density at radius 2 is 1.27 bits per heavy atom. The van der Waals surface area contributed by atoms with E-state index in [0.29, 0.717) is 0 Å². The highest BCUT2D eigenvalue weighted by molar-refractivity contribution is 7.92. The van der Waals surface area contributed by atoms with Crippen molar-refractivity contribution >= 4 is 43.0 Å². The van der Waals surface area contributed by atoms with Crippen molar-refractivity contribution in [2.45, 2.75) is 4.90 Å². The molecule has 0 aromatic heterocycles. The lowest BCUT2D eigenvalue weighted by Gasteiger charge is -2.21. The number of anilines is 3. The van der Waals surface area contributed by atoms with Crippen LogP contribution in [-0.4, -0.2) is 35.5 Å². The lowest BCUT2D eigenvalue weighted by atomic mass is 10.3. The van der Waals surface area contributed by atoms with Crippen LogP contribution in [0.3, 0.4) is 0 Å². The van der Waals surface area contributed by atoms with Gasteiger partial charge in [0.25, 0.3) is 10.0 Å². The summed E-state index contributed by atoms with van der Waals surface area (Å²) in [4.78, 5) is 12.3. The normalized spacial score (nSPS) is 11.6. The second-order valence-electron chi connectivity index (χ2n) is 6.93. The highest BCUT2D eigenvalue weighted by atomic mass is 32.2. The van der Waals surface area contributed by atoms with Crippen molar-refractivity contribution in [1.29, 1.82) is 0 Å². The van der Waals surface area contributed by atoms with Crippen LogP contribution < -0.4 is 14.3 Å². The molecule has 0 heterocycles. The maximum Gasteiger partial charge on any atom is 0.261 e. The Hall–Kier alpha value is -3.51. The zero-order valence-electron chi connectivity index (χ0n) is 17.2. The molecule has 1 amide bonds. The number of carbonyl (C=O) groups is 1. The molecule has 0 aliphatic heterocycles. The van der Waals surface area contributed by atoms with Gasteiger partial charge in [-0.3, -0.25) is 13.8 Å². The van der Waals surface area contributed by atoms with Gasteiger partial charge in [0.2, 0.25) is 15.9 Å². The van der Waals surface area contributed by atoms with Gasteiger partial charge in [-0.05, 0) is 72.8 Å². The summed E-state index contributed by atoms with van der Waals surface area (Å²) in [6.45, 7) is -0.573. The van der Waals surface area contributed by atoms with E-state index in [0.717, 1.165) is 34.8 Å². The molecule has 0 atom stereocenters. The summed E-state index contributed by atoms with van der Waals surface area (Å²) in [6, 6.07) is 14.5. The highest BCUT2D eigenvalue weighted by Crippen LogP contribution is 2.20. The van der Waals surface area contributed by atoms with Crippen LogP contribution in [0.4, 0.5) is 25.8 Å². The third kappa shape index (κ3) is 6.49. The summed E-state index contributed by atoms with van der Waals surface area (Å²) >= 11 is 0. The summed E-state index contributed by atoms with van der Waals surface area (Å²) < 4.78 is 78.3. The monoisotopic (exact) mass is 495 g/mol. The van der Waals surface area contributed by atoms with Gasteiger partial charge < -0.3 is 5.32 Å². The Morgan fingerprint density at radius 3 is 1.79 bits per heavy atom. The van der Waals surface area contributed by atoms with E-state index in [9.17, 15) is 30.4 Å². The first kappa shape index (κ1) is 24.1. The predicted octanol–water partition coefficient (Wildman–Crippen LogP) is 3.17. The van der Waals surface area contributed by atoms with E-state index in [1.807, 2.05) is 0 Å². The van der Waals surface area contributed by atoms with E-state index in [4.69, 9.17) is 0 Å². The molecule has 3 rings (SSSR count). The van der Waals surface area contributed by atoms with Crippen molar-refractivity contribution in [1.82, 2.24) is 0 Å². The van der Waals surface area contributed by atoms with Gasteiger partial charge in [0.1, 0.15) is 18.2 Å². The van der Waals surface area contributed by atoms with Crippen LogP contribution in [0.5, 0.6) is 0 Å². The molecule has 0 radical (unpaired) electrons. The van der Waals surface area contributed by atoms with Crippen LogP contribution in [0.1, 0.15) is 0 Å². The number of hydrogen-bond acceptors (Lipinski definition) is 5. The van der Waals surface area contributed by atoms with Crippen molar-refractivity contribution in [2.75, 3.05) is 27.1 Å². The molecule has 8 nitrogen and oxygen atoms in total. The Balaban J connectivity index is 1.70. The molecule has 3 aromatic carbocycles. The fourth-order valence-electron chi connectivity index (χ4n) is 2.79. The molecule has 0 unspecified atom stereocenters. The van der Waals surface area contributed by atoms with Crippen LogP contribution in [-0.2, 0) is 24.8 Å². The van der Waals surface area contributed by atoms with E-state index in [2.05, 4.69) is 10.0 Å². The van der Waals surface area contributed by atoms with Crippen molar-refractivity contribution in [3.63, 3.8) is 0 Å². The van der Waals surface area contributed by atoms with Crippen LogP contribution >= 0.6 is 0 Å². The molecule has 0 fully saturated rings. The fraction of sp³-hybridized carbons (Fsp3) is 0.0952. The zero-order chi connectivity index (χ0) is 24.2. The van der Waals surface area contributed by atoms with E-state index in [1.165, 1.54) is 48.5 Å². The topological polar surface area (TPSA) is 113 Å². The fourth-order valence-corrected chi connectivity index (χ4v) is 4.70. The Labute approximate surface area is 190 Å². The maximum absolute atomic E-state index is 13.1. The van der Waals surface area contributed by atoms with Crippen molar-refractivity contribution in [2.24, 2.45) is 0 Å². The average molecular weight is 496 g/mol. The number of sulfonamides is 2. The first-order chi connectivity index (χ1) is 15.4. The van der Waals surface area contributed by atoms with Gasteiger partial charge in [0, 0.05) is 11.4 Å². The first-order valence-corrected chi connectivity index (χ1v) is 12.7. The number of nitrogens with one attached hydrogen (secondary N) is 2. The standard InChI is InChI=1S/C21H19F2N3O5S2/c1-32(28,29)26(19-10-4-16(23)5-11-19)14-21(27)24-17-8-12-20(13-9-17)33(30,31)25-18-6-2-15(22)3-7-18/h2-13,25H,14H2,1H3,(H,24,27). The molecule has 0 aliphatic carbocycles. The molecule has 0 bridgehead atoms. The molecule has 2 N–H and O–H groups in total. The molecule has 0 saturated carbocycles. The Morgan fingerprint density at radius 1 is 0.788 bits per heavy atom. The largest absolute Gasteiger partial charge is 0.325 e. The van der Waals surface area contributed by atoms with Gasteiger partial charge in [0.15, 0.2) is 0 Å². The molecular weight excluding hydrogens is 476 g/mol. The zero-order valence-corrected chi connectivity index (χ0v) is 18.8. The molecular formula is C21H19F2N3O5S2. The molecule has 3 aromatic rings. The van der Waals surface area contributed by atoms with Gasteiger partial charge in [-0.15, -0.1) is 0 Å². The van der Waals surface area contributed by atoms with Crippen molar-refractivity contribution in [3.05, 3.63) is 84.4 Å². The smallest absolute Gasteiger partial charge is 0.261 e. The van der Waals surface area contributed by atoms with Gasteiger partial charge >= 0.3 is 0 Å². The number of amides is 1. The van der Waals surface area contributed by atoms with Crippen molar-refractivity contribution in [3.8, 4) is 0 Å². The second kappa shape index (κ2) is 9.55. The summed E-state index contributed by atoms with van der Waals surface area (Å²) in [5, 5.41) is 2.48. The first-order valence-electron chi connectivity index (χ1n) is 9.36. The predicted molar refractivity (Wildman–Crippen MR) is 121 cm³/mol. The van der Waals surface area contributed by atoms with Crippen LogP contribution in [0, 0.1) is 11.6 Å². The van der Waals surface area contributed by atoms with E-state index in [-0.39, 0.29) is 22.0 Å².